The standard InChI is InChI=1S/C18H13BrN4O5/c19-12-2-4-13(5-3-12)28-18-16(23(24)25)17(21-9-22-18)20-8-11-1-6-14-15(7-11)27-10-26-14/h1-7,9H,8,10H2,(H,20,21,22). The number of hydrogen-bond donors (Lipinski definition) is 1. The summed E-state index contributed by atoms with van der Waals surface area (Å²) in [4.78, 5) is 19.0. The van der Waals surface area contributed by atoms with Gasteiger partial charge in [-0.3, -0.25) is 10.1 Å². The first-order valence-corrected chi connectivity index (χ1v) is 8.94. The highest BCUT2D eigenvalue weighted by Gasteiger charge is 2.25. The van der Waals surface area contributed by atoms with E-state index in [4.69, 9.17) is 14.2 Å². The van der Waals surface area contributed by atoms with Crippen molar-refractivity contribution in [1.29, 1.82) is 0 Å². The van der Waals surface area contributed by atoms with Gasteiger partial charge in [-0.05, 0) is 42.0 Å². The van der Waals surface area contributed by atoms with Crippen molar-refractivity contribution in [2.75, 3.05) is 12.1 Å². The van der Waals surface area contributed by atoms with E-state index >= 15 is 0 Å². The Balaban J connectivity index is 1.56. The van der Waals surface area contributed by atoms with Gasteiger partial charge in [0.05, 0.1) is 4.92 Å². The van der Waals surface area contributed by atoms with E-state index in [9.17, 15) is 10.1 Å². The van der Waals surface area contributed by atoms with E-state index in [1.807, 2.05) is 12.1 Å². The van der Waals surface area contributed by atoms with Crippen molar-refractivity contribution in [2.45, 2.75) is 6.54 Å². The molecule has 0 spiro atoms. The Kier molecular flexibility index (Phi) is 4.94. The van der Waals surface area contributed by atoms with Gasteiger partial charge >= 0.3 is 11.6 Å². The molecule has 0 radical (unpaired) electrons. The third-order valence-electron chi connectivity index (χ3n) is 3.90. The van der Waals surface area contributed by atoms with E-state index in [-0.39, 0.29) is 24.2 Å². The minimum Gasteiger partial charge on any atom is -0.454 e. The molecule has 1 aliphatic rings. The maximum Gasteiger partial charge on any atom is 0.373 e. The van der Waals surface area contributed by atoms with Crippen LogP contribution >= 0.6 is 15.9 Å². The van der Waals surface area contributed by atoms with Crippen LogP contribution in [0.4, 0.5) is 11.5 Å². The van der Waals surface area contributed by atoms with Gasteiger partial charge < -0.3 is 19.5 Å². The number of ether oxygens (including phenoxy) is 3. The average molecular weight is 445 g/mol. The zero-order chi connectivity index (χ0) is 19.5. The molecule has 0 fully saturated rings. The SMILES string of the molecule is O=[N+]([O-])c1c(NCc2ccc3c(c2)OCO3)ncnc1Oc1ccc(Br)cc1. The van der Waals surface area contributed by atoms with Crippen molar-refractivity contribution in [3.8, 4) is 23.1 Å². The summed E-state index contributed by atoms with van der Waals surface area (Å²) in [5.74, 6) is 1.64. The number of benzene rings is 2. The molecule has 0 saturated heterocycles. The van der Waals surface area contributed by atoms with Crippen LogP contribution in [0.1, 0.15) is 5.56 Å². The van der Waals surface area contributed by atoms with Gasteiger partial charge in [0.1, 0.15) is 12.1 Å². The second-order valence-corrected chi connectivity index (χ2v) is 6.65. The van der Waals surface area contributed by atoms with E-state index < -0.39 is 4.92 Å². The highest BCUT2D eigenvalue weighted by Crippen LogP contribution is 2.35. The molecule has 1 aromatic heterocycles. The lowest BCUT2D eigenvalue weighted by molar-refractivity contribution is -0.385. The quantitative estimate of drug-likeness (QED) is 0.443. The van der Waals surface area contributed by atoms with Crippen LogP contribution in [0, 0.1) is 10.1 Å². The number of nitro groups is 1. The summed E-state index contributed by atoms with van der Waals surface area (Å²) in [6, 6.07) is 12.3. The van der Waals surface area contributed by atoms with Crippen LogP contribution in [0.15, 0.2) is 53.3 Å². The number of fused-ring (bicyclic) bond motifs is 1. The number of rotatable bonds is 6. The number of halogens is 1. The maximum absolute atomic E-state index is 11.6. The molecule has 0 saturated carbocycles. The van der Waals surface area contributed by atoms with Crippen molar-refractivity contribution >= 4 is 27.4 Å². The Hall–Kier alpha value is -3.40. The minimum absolute atomic E-state index is 0.0600. The Bertz CT molecular complexity index is 1030. The van der Waals surface area contributed by atoms with Crippen molar-refractivity contribution in [3.05, 3.63) is 68.9 Å². The Morgan fingerprint density at radius 3 is 2.71 bits per heavy atom. The Labute approximate surface area is 167 Å². The van der Waals surface area contributed by atoms with Crippen LogP contribution in [0.5, 0.6) is 23.1 Å². The van der Waals surface area contributed by atoms with Crippen LogP contribution in [-0.2, 0) is 6.54 Å². The molecule has 9 nitrogen and oxygen atoms in total. The van der Waals surface area contributed by atoms with Crippen LogP contribution in [0.3, 0.4) is 0 Å². The summed E-state index contributed by atoms with van der Waals surface area (Å²) in [7, 11) is 0. The number of nitrogens with zero attached hydrogens (tertiary/aromatic N) is 3. The largest absolute Gasteiger partial charge is 0.454 e. The molecule has 0 amide bonds. The van der Waals surface area contributed by atoms with Crippen LogP contribution in [-0.4, -0.2) is 21.7 Å². The Morgan fingerprint density at radius 2 is 1.93 bits per heavy atom. The fraction of sp³-hybridized carbons (Fsp3) is 0.111. The van der Waals surface area contributed by atoms with Crippen molar-refractivity contribution < 1.29 is 19.1 Å². The average Bonchev–Trinajstić information content (AvgIpc) is 3.16. The predicted molar refractivity (Wildman–Crippen MR) is 103 cm³/mol. The summed E-state index contributed by atoms with van der Waals surface area (Å²) in [6.45, 7) is 0.479. The third kappa shape index (κ3) is 3.81. The first kappa shape index (κ1) is 18.0. The molecule has 28 heavy (non-hydrogen) atoms. The Morgan fingerprint density at radius 1 is 1.14 bits per heavy atom. The molecule has 2 heterocycles. The highest BCUT2D eigenvalue weighted by molar-refractivity contribution is 9.10. The predicted octanol–water partition coefficient (Wildman–Crippen LogP) is 4.28. The summed E-state index contributed by atoms with van der Waals surface area (Å²) >= 11 is 3.33. The van der Waals surface area contributed by atoms with Gasteiger partial charge in [0.25, 0.3) is 0 Å². The van der Waals surface area contributed by atoms with Crippen LogP contribution in [0.2, 0.25) is 0 Å². The molecule has 1 N–H and O–H groups in total. The smallest absolute Gasteiger partial charge is 0.373 e. The van der Waals surface area contributed by atoms with E-state index in [1.54, 1.807) is 30.3 Å². The lowest BCUT2D eigenvalue weighted by atomic mass is 10.2. The summed E-state index contributed by atoms with van der Waals surface area (Å²) in [5.41, 5.74) is 0.513. The number of hydrogen-bond acceptors (Lipinski definition) is 8. The molecule has 10 heteroatoms. The van der Waals surface area contributed by atoms with E-state index in [2.05, 4.69) is 31.2 Å². The van der Waals surface area contributed by atoms with Gasteiger partial charge in [-0.1, -0.05) is 22.0 Å². The summed E-state index contributed by atoms with van der Waals surface area (Å²) < 4.78 is 17.1. The topological polar surface area (TPSA) is 109 Å². The second kappa shape index (κ2) is 7.69. The fourth-order valence-electron chi connectivity index (χ4n) is 2.58. The van der Waals surface area contributed by atoms with Crippen LogP contribution in [0.25, 0.3) is 0 Å². The van der Waals surface area contributed by atoms with Crippen molar-refractivity contribution in [1.82, 2.24) is 9.97 Å². The van der Waals surface area contributed by atoms with Gasteiger partial charge in [-0.15, -0.1) is 0 Å². The number of nitrogens with one attached hydrogen (secondary N) is 1. The molecule has 0 aliphatic carbocycles. The lowest BCUT2D eigenvalue weighted by Gasteiger charge is -2.10. The van der Waals surface area contributed by atoms with Gasteiger partial charge in [0, 0.05) is 11.0 Å². The van der Waals surface area contributed by atoms with Crippen molar-refractivity contribution in [2.24, 2.45) is 0 Å². The first-order valence-electron chi connectivity index (χ1n) is 8.15. The van der Waals surface area contributed by atoms with E-state index in [1.165, 1.54) is 6.33 Å². The zero-order valence-corrected chi connectivity index (χ0v) is 15.9. The number of anilines is 1. The molecule has 3 aromatic rings. The molecule has 0 atom stereocenters. The normalized spacial score (nSPS) is 11.9. The number of aromatic nitrogens is 2. The van der Waals surface area contributed by atoms with Gasteiger partial charge in [-0.25, -0.2) is 4.98 Å². The van der Waals surface area contributed by atoms with Gasteiger partial charge in [0.15, 0.2) is 11.5 Å². The monoisotopic (exact) mass is 444 g/mol. The third-order valence-corrected chi connectivity index (χ3v) is 4.43. The van der Waals surface area contributed by atoms with Crippen LogP contribution < -0.4 is 19.5 Å². The molecular weight excluding hydrogens is 432 g/mol. The van der Waals surface area contributed by atoms with E-state index in [0.717, 1.165) is 10.0 Å². The van der Waals surface area contributed by atoms with E-state index in [0.29, 0.717) is 23.8 Å². The summed E-state index contributed by atoms with van der Waals surface area (Å²) in [5, 5.41) is 14.6. The molecular formula is C18H13BrN4O5. The molecule has 0 unspecified atom stereocenters. The fourth-order valence-corrected chi connectivity index (χ4v) is 2.85. The molecule has 4 rings (SSSR count). The van der Waals surface area contributed by atoms with Gasteiger partial charge in [0.2, 0.25) is 12.6 Å². The summed E-state index contributed by atoms with van der Waals surface area (Å²) in [6.07, 6.45) is 1.21. The van der Waals surface area contributed by atoms with Gasteiger partial charge in [-0.2, -0.15) is 4.98 Å². The molecule has 0 bridgehead atoms. The molecule has 2 aromatic carbocycles. The highest BCUT2D eigenvalue weighted by atomic mass is 79.9. The zero-order valence-electron chi connectivity index (χ0n) is 14.3. The maximum atomic E-state index is 11.6. The second-order valence-electron chi connectivity index (χ2n) is 5.73. The first-order chi connectivity index (χ1) is 13.6. The molecule has 142 valence electrons. The molecule has 1 aliphatic heterocycles. The lowest BCUT2D eigenvalue weighted by Crippen LogP contribution is -2.07. The van der Waals surface area contributed by atoms with Crippen molar-refractivity contribution in [3.63, 3.8) is 0 Å². The minimum atomic E-state index is -0.573.